The molecule has 0 spiro atoms. The van der Waals surface area contributed by atoms with Gasteiger partial charge in [-0.3, -0.25) is 14.6 Å². The maximum absolute atomic E-state index is 11.5. The fourth-order valence-electron chi connectivity index (χ4n) is 2.74. The summed E-state index contributed by atoms with van der Waals surface area (Å²) in [4.78, 5) is 15.7. The van der Waals surface area contributed by atoms with Gasteiger partial charge in [-0.15, -0.1) is 0 Å². The summed E-state index contributed by atoms with van der Waals surface area (Å²) in [6.45, 7) is 3.85. The fraction of sp³-hybridized carbons (Fsp3) is 0.500. The minimum absolute atomic E-state index is 0.427. The van der Waals surface area contributed by atoms with Gasteiger partial charge in [-0.05, 0) is 12.1 Å². The number of H-pyrrole nitrogens is 1. The summed E-state index contributed by atoms with van der Waals surface area (Å²) in [6.07, 6.45) is 3.31. The summed E-state index contributed by atoms with van der Waals surface area (Å²) in [5, 5.41) is 19.8. The number of nitrogens with one attached hydrogen (secondary N) is 1. The lowest BCUT2D eigenvalue weighted by Gasteiger charge is -2.20. The Labute approximate surface area is 127 Å². The first-order chi connectivity index (χ1) is 10.7. The molecule has 0 radical (unpaired) electrons. The van der Waals surface area contributed by atoms with Crippen molar-refractivity contribution in [2.75, 3.05) is 26.2 Å². The molecule has 2 aromatic rings. The molecule has 1 aliphatic rings. The predicted octanol–water partition coefficient (Wildman–Crippen LogP) is 0.416. The van der Waals surface area contributed by atoms with Crippen LogP contribution >= 0.6 is 0 Å². The van der Waals surface area contributed by atoms with Crippen LogP contribution in [0.5, 0.6) is 0 Å². The van der Waals surface area contributed by atoms with Gasteiger partial charge in [0.25, 0.3) is 0 Å². The van der Waals surface area contributed by atoms with Gasteiger partial charge < -0.3 is 9.52 Å². The minimum Gasteiger partial charge on any atom is -0.481 e. The average Bonchev–Trinajstić information content (AvgIpc) is 3.13. The van der Waals surface area contributed by atoms with Gasteiger partial charge in [-0.1, -0.05) is 0 Å². The smallest absolute Gasteiger partial charge is 0.309 e. The highest BCUT2D eigenvalue weighted by atomic mass is 16.4. The molecular formula is C14H19N5O3. The molecule has 3 heterocycles. The molecule has 0 bridgehead atoms. The van der Waals surface area contributed by atoms with Gasteiger partial charge in [0.15, 0.2) is 0 Å². The highest BCUT2D eigenvalue weighted by Gasteiger charge is 2.28. The number of carboxylic acid groups (broad SMARTS) is 1. The van der Waals surface area contributed by atoms with Crippen molar-refractivity contribution in [1.82, 2.24) is 25.2 Å². The normalized spacial score (nSPS) is 20.8. The fourth-order valence-corrected chi connectivity index (χ4v) is 2.74. The summed E-state index contributed by atoms with van der Waals surface area (Å²) in [7, 11) is 0. The molecule has 118 valence electrons. The van der Waals surface area contributed by atoms with E-state index < -0.39 is 11.9 Å². The molecule has 2 N–H and O–H groups in total. The van der Waals surface area contributed by atoms with E-state index in [1.165, 1.54) is 0 Å². The van der Waals surface area contributed by atoms with E-state index in [4.69, 9.17) is 4.42 Å². The Morgan fingerprint density at radius 3 is 2.73 bits per heavy atom. The molecule has 1 fully saturated rings. The number of carbonyl (C=O) groups is 1. The van der Waals surface area contributed by atoms with Gasteiger partial charge in [0, 0.05) is 32.7 Å². The quantitative estimate of drug-likeness (QED) is 0.825. The second kappa shape index (κ2) is 6.71. The number of rotatable bonds is 5. The van der Waals surface area contributed by atoms with Gasteiger partial charge in [-0.2, -0.15) is 15.4 Å². The monoisotopic (exact) mass is 305 g/mol. The number of hydrogen-bond acceptors (Lipinski definition) is 6. The van der Waals surface area contributed by atoms with Gasteiger partial charge in [0.1, 0.15) is 5.76 Å². The summed E-state index contributed by atoms with van der Waals surface area (Å²) < 4.78 is 5.36. The Bertz CT molecular complexity index is 537. The number of aliphatic carboxylic acids is 1. The van der Waals surface area contributed by atoms with Gasteiger partial charge in [0.2, 0.25) is 0 Å². The van der Waals surface area contributed by atoms with E-state index >= 15 is 0 Å². The molecule has 0 aromatic carbocycles. The molecule has 8 heteroatoms. The lowest BCUT2D eigenvalue weighted by molar-refractivity contribution is -0.142. The van der Waals surface area contributed by atoms with Gasteiger partial charge in [0.05, 0.1) is 30.6 Å². The van der Waals surface area contributed by atoms with Crippen molar-refractivity contribution in [2.45, 2.75) is 13.1 Å². The van der Waals surface area contributed by atoms with Gasteiger partial charge >= 0.3 is 5.97 Å². The zero-order chi connectivity index (χ0) is 15.4. The second-order valence-electron chi connectivity index (χ2n) is 5.55. The maximum atomic E-state index is 11.5. The first kappa shape index (κ1) is 14.7. The number of furan rings is 1. The number of hydrogen-bond donors (Lipinski definition) is 2. The van der Waals surface area contributed by atoms with Crippen molar-refractivity contribution in [3.05, 3.63) is 36.0 Å². The van der Waals surface area contributed by atoms with E-state index in [0.717, 1.165) is 24.5 Å². The molecule has 1 atom stereocenters. The Hall–Kier alpha value is -2.19. The van der Waals surface area contributed by atoms with Crippen LogP contribution in [0.2, 0.25) is 0 Å². The minimum atomic E-state index is -0.767. The Balaban J connectivity index is 1.65. The van der Waals surface area contributed by atoms with Crippen LogP contribution in [-0.2, 0) is 17.9 Å². The topological polar surface area (TPSA) is 98.5 Å². The van der Waals surface area contributed by atoms with Crippen molar-refractivity contribution in [3.8, 4) is 0 Å². The van der Waals surface area contributed by atoms with E-state index in [9.17, 15) is 9.90 Å². The van der Waals surface area contributed by atoms with Crippen molar-refractivity contribution in [2.24, 2.45) is 5.92 Å². The standard InChI is InChI=1S/C14H19N5O3/c20-14(21)11-7-18(9-12-6-15-17-16-12)3-4-19(8-11)10-13-2-1-5-22-13/h1-2,5-6,11H,3-4,7-10H2,(H,20,21)(H,15,16,17)/t11-/m0/s1. The first-order valence-corrected chi connectivity index (χ1v) is 7.25. The molecule has 1 saturated heterocycles. The van der Waals surface area contributed by atoms with Crippen LogP contribution in [-0.4, -0.2) is 62.5 Å². The maximum Gasteiger partial charge on any atom is 0.309 e. The summed E-state index contributed by atoms with van der Waals surface area (Å²) in [6, 6.07) is 3.76. The van der Waals surface area contributed by atoms with E-state index in [-0.39, 0.29) is 0 Å². The number of aromatic nitrogens is 3. The van der Waals surface area contributed by atoms with Crippen molar-refractivity contribution >= 4 is 5.97 Å². The zero-order valence-corrected chi connectivity index (χ0v) is 12.2. The lowest BCUT2D eigenvalue weighted by atomic mass is 10.1. The molecule has 8 nitrogen and oxygen atoms in total. The van der Waals surface area contributed by atoms with Crippen LogP contribution in [0.4, 0.5) is 0 Å². The summed E-state index contributed by atoms with van der Waals surface area (Å²) >= 11 is 0. The van der Waals surface area contributed by atoms with Crippen molar-refractivity contribution < 1.29 is 14.3 Å². The molecule has 0 saturated carbocycles. The van der Waals surface area contributed by atoms with E-state index in [0.29, 0.717) is 26.2 Å². The van der Waals surface area contributed by atoms with Crippen LogP contribution in [0.3, 0.4) is 0 Å². The summed E-state index contributed by atoms with van der Waals surface area (Å²) in [5.41, 5.74) is 0.823. The van der Waals surface area contributed by atoms with E-state index in [1.807, 2.05) is 12.1 Å². The van der Waals surface area contributed by atoms with Crippen LogP contribution in [0.15, 0.2) is 29.0 Å². The lowest BCUT2D eigenvalue weighted by Crippen LogP contribution is -2.34. The molecule has 1 aliphatic heterocycles. The highest BCUT2D eigenvalue weighted by molar-refractivity contribution is 5.70. The summed E-state index contributed by atoms with van der Waals surface area (Å²) in [5.74, 6) is -0.338. The molecule has 2 aromatic heterocycles. The third-order valence-corrected chi connectivity index (χ3v) is 3.85. The largest absolute Gasteiger partial charge is 0.481 e. The third-order valence-electron chi connectivity index (χ3n) is 3.85. The molecule has 0 amide bonds. The van der Waals surface area contributed by atoms with E-state index in [2.05, 4.69) is 25.2 Å². The number of nitrogens with zero attached hydrogens (tertiary/aromatic N) is 4. The molecule has 0 aliphatic carbocycles. The molecule has 3 rings (SSSR count). The third kappa shape index (κ3) is 3.71. The molecular weight excluding hydrogens is 286 g/mol. The molecule has 22 heavy (non-hydrogen) atoms. The zero-order valence-electron chi connectivity index (χ0n) is 12.2. The van der Waals surface area contributed by atoms with Crippen LogP contribution in [0.25, 0.3) is 0 Å². The Morgan fingerprint density at radius 1 is 1.36 bits per heavy atom. The van der Waals surface area contributed by atoms with Crippen LogP contribution in [0.1, 0.15) is 11.5 Å². The Morgan fingerprint density at radius 2 is 2.14 bits per heavy atom. The first-order valence-electron chi connectivity index (χ1n) is 7.25. The Kier molecular flexibility index (Phi) is 4.50. The van der Waals surface area contributed by atoms with Crippen LogP contribution in [0, 0.1) is 5.92 Å². The highest BCUT2D eigenvalue weighted by Crippen LogP contribution is 2.15. The van der Waals surface area contributed by atoms with Crippen molar-refractivity contribution in [1.29, 1.82) is 0 Å². The number of aromatic amines is 1. The number of carboxylic acids is 1. The van der Waals surface area contributed by atoms with E-state index in [1.54, 1.807) is 12.5 Å². The average molecular weight is 305 g/mol. The van der Waals surface area contributed by atoms with Crippen molar-refractivity contribution in [3.63, 3.8) is 0 Å². The van der Waals surface area contributed by atoms with Gasteiger partial charge in [-0.25, -0.2) is 0 Å². The predicted molar refractivity (Wildman–Crippen MR) is 76.8 cm³/mol. The molecule has 0 unspecified atom stereocenters. The van der Waals surface area contributed by atoms with Crippen LogP contribution < -0.4 is 0 Å². The SMILES string of the molecule is O=C(O)[C@H]1CN(Cc2cn[nH]n2)CCN(Cc2ccco2)C1. The second-order valence-corrected chi connectivity index (χ2v) is 5.55.